The summed E-state index contributed by atoms with van der Waals surface area (Å²) in [4.78, 5) is 30.7. The first-order chi connectivity index (χ1) is 10.8. The van der Waals surface area contributed by atoms with Crippen molar-refractivity contribution in [2.75, 3.05) is 13.2 Å². The van der Waals surface area contributed by atoms with Gasteiger partial charge in [-0.2, -0.15) is 13.5 Å². The fourth-order valence-electron chi connectivity index (χ4n) is 3.06. The molecule has 0 unspecified atom stereocenters. The van der Waals surface area contributed by atoms with Crippen LogP contribution in [-0.2, 0) is 24.3 Å². The van der Waals surface area contributed by atoms with Crippen molar-refractivity contribution in [3.8, 4) is 0 Å². The van der Waals surface area contributed by atoms with Gasteiger partial charge in [-0.1, -0.05) is 6.42 Å². The molecule has 3 amide bonds. The average molecular weight is 372 g/mol. The second kappa shape index (κ2) is 7.85. The first kappa shape index (κ1) is 19.9. The minimum absolute atomic E-state index is 0. The SMILES string of the molecule is O=C(NOCC1CCC1)[C@@H]1CC[C@@H]2CN1C(=O)N2OS(=O)(=O)O.[Na]. The number of carbonyl (C=O) groups is 2. The number of nitrogens with one attached hydrogen (secondary N) is 1. The van der Waals surface area contributed by atoms with Crippen LogP contribution in [0.25, 0.3) is 0 Å². The van der Waals surface area contributed by atoms with Gasteiger partial charge in [-0.25, -0.2) is 10.3 Å². The maximum Gasteiger partial charge on any atom is 0.418 e. The van der Waals surface area contributed by atoms with Crippen molar-refractivity contribution in [3.63, 3.8) is 0 Å². The van der Waals surface area contributed by atoms with E-state index in [1.807, 2.05) is 0 Å². The molecule has 2 saturated heterocycles. The molecule has 2 heterocycles. The summed E-state index contributed by atoms with van der Waals surface area (Å²) in [6.45, 7) is 0.613. The molecule has 2 bridgehead atoms. The van der Waals surface area contributed by atoms with Crippen molar-refractivity contribution >= 4 is 51.9 Å². The standard InChI is InChI=1S/C12H19N3O7S.Na/c16-11(13-21-7-8-2-1-3-8)10-5-4-9-6-14(10)12(17)15(9)22-23(18,19)20;/h8-10H,1-7H2,(H,13,16)(H,18,19,20);/t9-,10+;/m1./s1. The molecule has 3 aliphatic rings. The summed E-state index contributed by atoms with van der Waals surface area (Å²) in [5.74, 6) is 0.0305. The molecule has 0 spiro atoms. The van der Waals surface area contributed by atoms with Gasteiger partial charge in [-0.05, 0) is 31.6 Å². The Morgan fingerprint density at radius 3 is 2.58 bits per heavy atom. The summed E-state index contributed by atoms with van der Waals surface area (Å²) >= 11 is 0. The van der Waals surface area contributed by atoms with Crippen LogP contribution in [0.1, 0.15) is 32.1 Å². The zero-order chi connectivity index (χ0) is 16.6. The molecule has 0 aromatic carbocycles. The molecule has 0 aromatic rings. The quantitative estimate of drug-likeness (QED) is 0.364. The molecular formula is C12H19N3NaO7S. The van der Waals surface area contributed by atoms with Crippen molar-refractivity contribution in [2.45, 2.75) is 44.2 Å². The zero-order valence-electron chi connectivity index (χ0n) is 13.4. The number of hydroxylamine groups is 3. The summed E-state index contributed by atoms with van der Waals surface area (Å²) < 4.78 is 34.6. The summed E-state index contributed by atoms with van der Waals surface area (Å²) in [7, 11) is -4.78. The topological polar surface area (TPSA) is 125 Å². The number of nitrogens with zero attached hydrogens (tertiary/aromatic N) is 2. The molecule has 1 saturated carbocycles. The molecule has 1 aliphatic carbocycles. The van der Waals surface area contributed by atoms with Crippen molar-refractivity contribution in [1.82, 2.24) is 15.4 Å². The monoisotopic (exact) mass is 372 g/mol. The van der Waals surface area contributed by atoms with E-state index in [1.54, 1.807) is 0 Å². The van der Waals surface area contributed by atoms with Crippen LogP contribution in [0.3, 0.4) is 0 Å². The van der Waals surface area contributed by atoms with Crippen LogP contribution in [0.15, 0.2) is 0 Å². The zero-order valence-corrected chi connectivity index (χ0v) is 16.2. The van der Waals surface area contributed by atoms with Crippen molar-refractivity contribution < 1.29 is 31.7 Å². The molecule has 2 atom stereocenters. The first-order valence-corrected chi connectivity index (χ1v) is 8.90. The van der Waals surface area contributed by atoms with Gasteiger partial charge in [0.1, 0.15) is 6.04 Å². The molecule has 2 N–H and O–H groups in total. The van der Waals surface area contributed by atoms with Gasteiger partial charge < -0.3 is 4.90 Å². The van der Waals surface area contributed by atoms with Crippen molar-refractivity contribution in [2.24, 2.45) is 5.92 Å². The van der Waals surface area contributed by atoms with Crippen LogP contribution in [-0.4, -0.2) is 89.7 Å². The normalized spacial score (nSPS) is 26.8. The summed E-state index contributed by atoms with van der Waals surface area (Å²) in [5.41, 5.74) is 2.36. The van der Waals surface area contributed by atoms with E-state index in [-0.39, 0.29) is 36.1 Å². The number of urea groups is 1. The van der Waals surface area contributed by atoms with Crippen LogP contribution in [0.5, 0.6) is 0 Å². The smallest absolute Gasteiger partial charge is 0.309 e. The van der Waals surface area contributed by atoms with Crippen LogP contribution in [0.2, 0.25) is 0 Å². The number of fused-ring (bicyclic) bond motifs is 2. The van der Waals surface area contributed by atoms with Gasteiger partial charge in [-0.3, -0.25) is 14.2 Å². The fourth-order valence-corrected chi connectivity index (χ4v) is 3.45. The summed E-state index contributed by atoms with van der Waals surface area (Å²) in [6, 6.07) is -2.01. The van der Waals surface area contributed by atoms with Crippen molar-refractivity contribution in [1.29, 1.82) is 0 Å². The Bertz CT molecular complexity index is 597. The second-order valence-electron chi connectivity index (χ2n) is 6.08. The van der Waals surface area contributed by atoms with Gasteiger partial charge in [0.2, 0.25) is 0 Å². The predicted octanol–water partition coefficient (Wildman–Crippen LogP) is -0.543. The predicted molar refractivity (Wildman–Crippen MR) is 80.6 cm³/mol. The summed E-state index contributed by atoms with van der Waals surface area (Å²) in [6.07, 6.45) is 4.11. The van der Waals surface area contributed by atoms with Gasteiger partial charge in [0.05, 0.1) is 12.6 Å². The van der Waals surface area contributed by atoms with Crippen LogP contribution in [0.4, 0.5) is 4.79 Å². The van der Waals surface area contributed by atoms with Gasteiger partial charge in [-0.15, -0.1) is 4.28 Å². The van der Waals surface area contributed by atoms with E-state index in [1.165, 1.54) is 11.3 Å². The van der Waals surface area contributed by atoms with E-state index < -0.39 is 34.4 Å². The van der Waals surface area contributed by atoms with E-state index in [0.717, 1.165) is 12.8 Å². The van der Waals surface area contributed by atoms with Crippen LogP contribution in [0, 0.1) is 5.92 Å². The molecule has 12 heteroatoms. The average Bonchev–Trinajstić information content (AvgIpc) is 2.65. The number of carbonyl (C=O) groups excluding carboxylic acids is 2. The van der Waals surface area contributed by atoms with Gasteiger partial charge in [0.25, 0.3) is 5.91 Å². The third-order valence-corrected chi connectivity index (χ3v) is 4.87. The Labute approximate surface area is 162 Å². The van der Waals surface area contributed by atoms with E-state index in [9.17, 15) is 18.0 Å². The Morgan fingerprint density at radius 2 is 2.00 bits per heavy atom. The maximum atomic E-state index is 12.2. The Balaban J connectivity index is 0.00000208. The number of rotatable bonds is 6. The molecule has 1 radical (unpaired) electrons. The minimum Gasteiger partial charge on any atom is -0.309 e. The molecule has 3 rings (SSSR count). The van der Waals surface area contributed by atoms with Crippen LogP contribution < -0.4 is 5.48 Å². The molecular weight excluding hydrogens is 353 g/mol. The van der Waals surface area contributed by atoms with Crippen LogP contribution >= 0.6 is 0 Å². The van der Waals surface area contributed by atoms with E-state index >= 15 is 0 Å². The summed E-state index contributed by atoms with van der Waals surface area (Å²) in [5, 5.41) is 0.609. The maximum absolute atomic E-state index is 12.2. The fraction of sp³-hybridized carbons (Fsp3) is 0.833. The largest absolute Gasteiger partial charge is 0.418 e. The molecule has 10 nitrogen and oxygen atoms in total. The van der Waals surface area contributed by atoms with Crippen molar-refractivity contribution in [3.05, 3.63) is 0 Å². The molecule has 3 fully saturated rings. The number of hydrogen-bond acceptors (Lipinski definition) is 6. The Morgan fingerprint density at radius 1 is 1.29 bits per heavy atom. The number of hydrogen-bond donors (Lipinski definition) is 2. The molecule has 131 valence electrons. The third-order valence-electron chi connectivity index (χ3n) is 4.52. The first-order valence-electron chi connectivity index (χ1n) is 7.53. The van der Waals surface area contributed by atoms with Gasteiger partial charge in [0.15, 0.2) is 0 Å². The number of amides is 3. The van der Waals surface area contributed by atoms with Gasteiger partial charge in [0, 0.05) is 36.1 Å². The Kier molecular flexibility index (Phi) is 6.51. The van der Waals surface area contributed by atoms with E-state index in [0.29, 0.717) is 30.4 Å². The Hall–Kier alpha value is -0.430. The number of piperidine rings is 1. The minimum atomic E-state index is -4.78. The van der Waals surface area contributed by atoms with E-state index in [2.05, 4.69) is 9.76 Å². The molecule has 24 heavy (non-hydrogen) atoms. The molecule has 2 aliphatic heterocycles. The third kappa shape index (κ3) is 4.40. The second-order valence-corrected chi connectivity index (χ2v) is 7.09. The van der Waals surface area contributed by atoms with Gasteiger partial charge >= 0.3 is 16.4 Å². The van der Waals surface area contributed by atoms with E-state index in [4.69, 9.17) is 9.39 Å². The molecule has 0 aromatic heterocycles.